The summed E-state index contributed by atoms with van der Waals surface area (Å²) >= 11 is 5.85. The molecule has 1 aliphatic rings. The van der Waals surface area contributed by atoms with E-state index in [9.17, 15) is 4.39 Å². The van der Waals surface area contributed by atoms with Crippen LogP contribution in [0, 0.1) is 11.2 Å². The third-order valence-electron chi connectivity index (χ3n) is 3.42. The molecule has 0 radical (unpaired) electrons. The third-order valence-corrected chi connectivity index (χ3v) is 3.66. The van der Waals surface area contributed by atoms with Gasteiger partial charge in [0.2, 0.25) is 0 Å². The van der Waals surface area contributed by atoms with E-state index in [0.717, 1.165) is 19.3 Å². The van der Waals surface area contributed by atoms with Crippen LogP contribution in [-0.2, 0) is 6.42 Å². The summed E-state index contributed by atoms with van der Waals surface area (Å²) in [5.41, 5.74) is 6.58. The Morgan fingerprint density at radius 1 is 1.40 bits per heavy atom. The first-order chi connectivity index (χ1) is 7.15. The van der Waals surface area contributed by atoms with Gasteiger partial charge in [-0.15, -0.1) is 0 Å². The maximum absolute atomic E-state index is 13.5. The third kappa shape index (κ3) is 2.16. The van der Waals surface area contributed by atoms with Gasteiger partial charge >= 0.3 is 0 Å². The number of nitrogens with two attached hydrogens (primary N) is 1. The van der Waals surface area contributed by atoms with Crippen LogP contribution in [0.15, 0.2) is 18.2 Å². The van der Waals surface area contributed by atoms with Crippen molar-refractivity contribution in [1.29, 1.82) is 0 Å². The Balaban J connectivity index is 2.19. The van der Waals surface area contributed by atoms with Crippen molar-refractivity contribution in [3.63, 3.8) is 0 Å². The van der Waals surface area contributed by atoms with Crippen LogP contribution < -0.4 is 5.73 Å². The highest BCUT2D eigenvalue weighted by atomic mass is 35.5. The fraction of sp³-hybridized carbons (Fsp3) is 0.500. The molecule has 3 heteroatoms. The first-order valence-corrected chi connectivity index (χ1v) is 5.67. The fourth-order valence-electron chi connectivity index (χ4n) is 2.21. The summed E-state index contributed by atoms with van der Waals surface area (Å²) in [6.45, 7) is 0.638. The summed E-state index contributed by atoms with van der Waals surface area (Å²) < 4.78 is 13.5. The summed E-state index contributed by atoms with van der Waals surface area (Å²) in [4.78, 5) is 0. The van der Waals surface area contributed by atoms with Gasteiger partial charge in [-0.3, -0.25) is 0 Å². The van der Waals surface area contributed by atoms with Gasteiger partial charge in [-0.2, -0.15) is 0 Å². The number of hydrogen-bond acceptors (Lipinski definition) is 1. The molecule has 15 heavy (non-hydrogen) atoms. The quantitative estimate of drug-likeness (QED) is 0.844. The van der Waals surface area contributed by atoms with Crippen LogP contribution in [0.1, 0.15) is 24.8 Å². The molecular formula is C12H15ClFN. The van der Waals surface area contributed by atoms with Gasteiger partial charge in [0, 0.05) is 5.02 Å². The normalized spacial score (nSPS) is 18.6. The number of benzene rings is 1. The minimum absolute atomic E-state index is 0.130. The minimum atomic E-state index is -0.167. The molecule has 0 amide bonds. The first-order valence-electron chi connectivity index (χ1n) is 5.29. The predicted molar refractivity (Wildman–Crippen MR) is 60.5 cm³/mol. The average Bonchev–Trinajstić information content (AvgIpc) is 2.17. The Labute approximate surface area is 94.4 Å². The predicted octanol–water partition coefficient (Wildman–Crippen LogP) is 3.15. The van der Waals surface area contributed by atoms with E-state index in [1.54, 1.807) is 12.1 Å². The summed E-state index contributed by atoms with van der Waals surface area (Å²) in [5.74, 6) is -0.167. The van der Waals surface area contributed by atoms with Crippen LogP contribution in [0.4, 0.5) is 4.39 Å². The molecule has 2 rings (SSSR count). The Kier molecular flexibility index (Phi) is 2.98. The lowest BCUT2D eigenvalue weighted by atomic mass is 9.65. The molecule has 0 bridgehead atoms. The zero-order valence-electron chi connectivity index (χ0n) is 8.60. The summed E-state index contributed by atoms with van der Waals surface area (Å²) in [6, 6.07) is 4.73. The monoisotopic (exact) mass is 227 g/mol. The van der Waals surface area contributed by atoms with Crippen molar-refractivity contribution in [2.45, 2.75) is 25.7 Å². The largest absolute Gasteiger partial charge is 0.330 e. The molecule has 1 saturated carbocycles. The molecule has 0 spiro atoms. The van der Waals surface area contributed by atoms with E-state index in [-0.39, 0.29) is 11.2 Å². The van der Waals surface area contributed by atoms with Crippen LogP contribution in [0.25, 0.3) is 0 Å². The number of rotatable bonds is 3. The van der Waals surface area contributed by atoms with Gasteiger partial charge < -0.3 is 5.73 Å². The molecule has 0 atom stereocenters. The van der Waals surface area contributed by atoms with E-state index in [2.05, 4.69) is 0 Å². The van der Waals surface area contributed by atoms with Crippen molar-refractivity contribution in [3.05, 3.63) is 34.6 Å². The second-order valence-electron chi connectivity index (χ2n) is 4.47. The van der Waals surface area contributed by atoms with E-state index >= 15 is 0 Å². The highest BCUT2D eigenvalue weighted by molar-refractivity contribution is 6.30. The first kappa shape index (κ1) is 10.9. The highest BCUT2D eigenvalue weighted by Gasteiger charge is 2.36. The molecule has 1 nitrogen and oxygen atoms in total. The van der Waals surface area contributed by atoms with Crippen molar-refractivity contribution in [2.75, 3.05) is 6.54 Å². The molecule has 0 unspecified atom stereocenters. The molecule has 0 aromatic heterocycles. The molecule has 1 fully saturated rings. The molecule has 1 aromatic carbocycles. The maximum atomic E-state index is 13.5. The summed E-state index contributed by atoms with van der Waals surface area (Å²) in [5, 5.41) is 0.595. The van der Waals surface area contributed by atoms with Crippen molar-refractivity contribution >= 4 is 11.6 Å². The molecule has 0 saturated heterocycles. The zero-order chi connectivity index (χ0) is 10.9. The lowest BCUT2D eigenvalue weighted by Gasteiger charge is -2.41. The molecule has 0 heterocycles. The Morgan fingerprint density at radius 3 is 2.67 bits per heavy atom. The molecule has 0 aliphatic heterocycles. The Bertz CT molecular complexity index is 355. The van der Waals surface area contributed by atoms with E-state index in [4.69, 9.17) is 17.3 Å². The summed E-state index contributed by atoms with van der Waals surface area (Å²) in [7, 11) is 0. The Morgan fingerprint density at radius 2 is 2.13 bits per heavy atom. The van der Waals surface area contributed by atoms with Crippen LogP contribution in [-0.4, -0.2) is 6.54 Å². The zero-order valence-corrected chi connectivity index (χ0v) is 9.36. The van der Waals surface area contributed by atoms with Gasteiger partial charge in [-0.05, 0) is 55.0 Å². The molecule has 1 aromatic rings. The maximum Gasteiger partial charge on any atom is 0.126 e. The Hall–Kier alpha value is -0.600. The molecular weight excluding hydrogens is 213 g/mol. The SMILES string of the molecule is NCC1(Cc2cc(Cl)ccc2F)CCC1. The molecule has 2 N–H and O–H groups in total. The van der Waals surface area contributed by atoms with Gasteiger partial charge in [0.25, 0.3) is 0 Å². The lowest BCUT2D eigenvalue weighted by Crippen LogP contribution is -2.39. The smallest absolute Gasteiger partial charge is 0.126 e. The van der Waals surface area contributed by atoms with Crippen LogP contribution in [0.5, 0.6) is 0 Å². The molecule has 1 aliphatic carbocycles. The summed E-state index contributed by atoms with van der Waals surface area (Å²) in [6.07, 6.45) is 4.14. The van der Waals surface area contributed by atoms with Gasteiger partial charge in [-0.1, -0.05) is 18.0 Å². The average molecular weight is 228 g/mol. The fourth-order valence-corrected chi connectivity index (χ4v) is 2.41. The van der Waals surface area contributed by atoms with Crippen molar-refractivity contribution in [3.8, 4) is 0 Å². The van der Waals surface area contributed by atoms with E-state index in [0.29, 0.717) is 17.1 Å². The van der Waals surface area contributed by atoms with Crippen molar-refractivity contribution in [2.24, 2.45) is 11.1 Å². The van der Waals surface area contributed by atoms with E-state index in [1.807, 2.05) is 0 Å². The topological polar surface area (TPSA) is 26.0 Å². The van der Waals surface area contributed by atoms with Gasteiger partial charge in [0.05, 0.1) is 0 Å². The second kappa shape index (κ2) is 4.11. The second-order valence-corrected chi connectivity index (χ2v) is 4.91. The van der Waals surface area contributed by atoms with Crippen molar-refractivity contribution in [1.82, 2.24) is 0 Å². The van der Waals surface area contributed by atoms with Crippen LogP contribution in [0.3, 0.4) is 0 Å². The number of halogens is 2. The van der Waals surface area contributed by atoms with Crippen LogP contribution >= 0.6 is 11.6 Å². The van der Waals surface area contributed by atoms with Gasteiger partial charge in [-0.25, -0.2) is 4.39 Å². The highest BCUT2D eigenvalue weighted by Crippen LogP contribution is 2.43. The van der Waals surface area contributed by atoms with Gasteiger partial charge in [0.1, 0.15) is 5.82 Å². The molecule has 82 valence electrons. The van der Waals surface area contributed by atoms with E-state index < -0.39 is 0 Å². The number of hydrogen-bond donors (Lipinski definition) is 1. The minimum Gasteiger partial charge on any atom is -0.330 e. The van der Waals surface area contributed by atoms with Gasteiger partial charge in [0.15, 0.2) is 0 Å². The van der Waals surface area contributed by atoms with E-state index in [1.165, 1.54) is 12.5 Å². The van der Waals surface area contributed by atoms with Crippen molar-refractivity contribution < 1.29 is 4.39 Å². The van der Waals surface area contributed by atoms with Crippen LogP contribution in [0.2, 0.25) is 5.02 Å². The lowest BCUT2D eigenvalue weighted by molar-refractivity contribution is 0.143. The standard InChI is InChI=1S/C12H15ClFN/c13-10-2-3-11(14)9(6-10)7-12(8-15)4-1-5-12/h2-3,6H,1,4-5,7-8,15H2.